The minimum atomic E-state index is -0.555. The number of anilines is 1. The van der Waals surface area contributed by atoms with E-state index in [1.165, 1.54) is 36.1 Å². The van der Waals surface area contributed by atoms with E-state index in [0.717, 1.165) is 0 Å². The normalized spacial score (nSPS) is 10.4. The number of para-hydroxylation sites is 1. The Labute approximate surface area is 174 Å². The van der Waals surface area contributed by atoms with Crippen molar-refractivity contribution in [2.24, 2.45) is 0 Å². The van der Waals surface area contributed by atoms with Gasteiger partial charge in [-0.05, 0) is 24.3 Å². The number of methoxy groups -OCH3 is 1. The lowest BCUT2D eigenvalue weighted by molar-refractivity contribution is -0.384. The third-order valence-electron chi connectivity index (χ3n) is 3.78. The standard InChI is InChI=1S/C18H14Cl2N4O5/c1-28-16-9-11(24(26)27)5-6-14(16)21-18(25)15-7-8-23(22-15)10-29-17-12(19)3-2-4-13(17)20/h2-9H,10H2,1H3,(H,21,25). The molecule has 3 rings (SSSR count). The molecule has 0 bridgehead atoms. The van der Waals surface area contributed by atoms with Gasteiger partial charge in [0, 0.05) is 12.3 Å². The zero-order valence-corrected chi connectivity index (χ0v) is 16.5. The van der Waals surface area contributed by atoms with Gasteiger partial charge in [0.2, 0.25) is 0 Å². The molecule has 0 radical (unpaired) electrons. The molecule has 0 unspecified atom stereocenters. The van der Waals surface area contributed by atoms with Gasteiger partial charge in [-0.3, -0.25) is 14.9 Å². The molecule has 0 spiro atoms. The number of nitro benzene ring substituents is 1. The highest BCUT2D eigenvalue weighted by atomic mass is 35.5. The Hall–Kier alpha value is -3.30. The molecule has 0 saturated carbocycles. The van der Waals surface area contributed by atoms with Crippen LogP contribution in [0.4, 0.5) is 11.4 Å². The van der Waals surface area contributed by atoms with Crippen LogP contribution >= 0.6 is 23.2 Å². The molecule has 0 aliphatic rings. The molecular weight excluding hydrogens is 423 g/mol. The first-order valence-corrected chi connectivity index (χ1v) is 8.88. The maximum atomic E-state index is 12.4. The molecule has 0 fully saturated rings. The van der Waals surface area contributed by atoms with Crippen LogP contribution < -0.4 is 14.8 Å². The highest BCUT2D eigenvalue weighted by molar-refractivity contribution is 6.37. The number of amides is 1. The van der Waals surface area contributed by atoms with E-state index in [2.05, 4.69) is 10.4 Å². The highest BCUT2D eigenvalue weighted by Gasteiger charge is 2.16. The molecule has 1 N–H and O–H groups in total. The Morgan fingerprint density at radius 1 is 1.24 bits per heavy atom. The van der Waals surface area contributed by atoms with Gasteiger partial charge in [0.05, 0.1) is 33.8 Å². The predicted molar refractivity (Wildman–Crippen MR) is 107 cm³/mol. The first-order valence-electron chi connectivity index (χ1n) is 8.13. The van der Waals surface area contributed by atoms with Crippen molar-refractivity contribution in [2.45, 2.75) is 6.73 Å². The van der Waals surface area contributed by atoms with E-state index in [9.17, 15) is 14.9 Å². The molecule has 1 heterocycles. The molecule has 1 aromatic heterocycles. The van der Waals surface area contributed by atoms with Crippen LogP contribution in [0.3, 0.4) is 0 Å². The van der Waals surface area contributed by atoms with Crippen molar-refractivity contribution in [3.63, 3.8) is 0 Å². The maximum Gasteiger partial charge on any atom is 0.276 e. The van der Waals surface area contributed by atoms with E-state index >= 15 is 0 Å². The number of carbonyl (C=O) groups excluding carboxylic acids is 1. The van der Waals surface area contributed by atoms with Gasteiger partial charge in [0.25, 0.3) is 11.6 Å². The molecule has 0 aliphatic heterocycles. The average molecular weight is 437 g/mol. The Bertz CT molecular complexity index is 1050. The summed E-state index contributed by atoms with van der Waals surface area (Å²) in [6.45, 7) is -0.0163. The fourth-order valence-corrected chi connectivity index (χ4v) is 2.90. The molecule has 2 aromatic carbocycles. The van der Waals surface area contributed by atoms with Crippen LogP contribution in [-0.2, 0) is 6.73 Å². The molecule has 150 valence electrons. The van der Waals surface area contributed by atoms with E-state index in [0.29, 0.717) is 15.8 Å². The number of halogens is 2. The lowest BCUT2D eigenvalue weighted by Gasteiger charge is -2.10. The number of rotatable bonds is 7. The van der Waals surface area contributed by atoms with E-state index in [1.54, 1.807) is 24.4 Å². The monoisotopic (exact) mass is 436 g/mol. The van der Waals surface area contributed by atoms with Crippen LogP contribution in [0.25, 0.3) is 0 Å². The number of aromatic nitrogens is 2. The number of ether oxygens (including phenoxy) is 2. The smallest absolute Gasteiger partial charge is 0.276 e. The van der Waals surface area contributed by atoms with E-state index < -0.39 is 10.8 Å². The fourth-order valence-electron chi connectivity index (χ4n) is 2.39. The number of hydrogen-bond acceptors (Lipinski definition) is 6. The zero-order chi connectivity index (χ0) is 21.0. The highest BCUT2D eigenvalue weighted by Crippen LogP contribution is 2.32. The van der Waals surface area contributed by atoms with Crippen LogP contribution in [0.15, 0.2) is 48.7 Å². The molecule has 3 aromatic rings. The second kappa shape index (κ2) is 8.80. The van der Waals surface area contributed by atoms with E-state index in [-0.39, 0.29) is 29.5 Å². The van der Waals surface area contributed by atoms with Crippen molar-refractivity contribution in [3.8, 4) is 11.5 Å². The second-order valence-electron chi connectivity index (χ2n) is 5.66. The van der Waals surface area contributed by atoms with E-state index in [4.69, 9.17) is 32.7 Å². The van der Waals surface area contributed by atoms with Crippen LogP contribution in [-0.4, -0.2) is 27.7 Å². The van der Waals surface area contributed by atoms with Crippen molar-refractivity contribution < 1.29 is 19.2 Å². The summed E-state index contributed by atoms with van der Waals surface area (Å²) in [4.78, 5) is 22.7. The Balaban J connectivity index is 1.69. The Kier molecular flexibility index (Phi) is 6.20. The summed E-state index contributed by atoms with van der Waals surface area (Å²) < 4.78 is 12.0. The van der Waals surface area contributed by atoms with Crippen LogP contribution in [0.5, 0.6) is 11.5 Å². The van der Waals surface area contributed by atoms with Gasteiger partial charge in [0.15, 0.2) is 18.2 Å². The van der Waals surface area contributed by atoms with Crippen molar-refractivity contribution in [1.82, 2.24) is 9.78 Å². The van der Waals surface area contributed by atoms with Crippen LogP contribution in [0.2, 0.25) is 10.0 Å². The summed E-state index contributed by atoms with van der Waals surface area (Å²) in [5.74, 6) is -0.0525. The van der Waals surface area contributed by atoms with Gasteiger partial charge < -0.3 is 14.8 Å². The number of nitro groups is 1. The predicted octanol–water partition coefficient (Wildman–Crippen LogP) is 4.40. The lowest BCUT2D eigenvalue weighted by Crippen LogP contribution is -2.15. The number of nitrogens with zero attached hydrogens (tertiary/aromatic N) is 3. The van der Waals surface area contributed by atoms with Crippen molar-refractivity contribution in [1.29, 1.82) is 0 Å². The minimum absolute atomic E-state index is 0.0163. The summed E-state index contributed by atoms with van der Waals surface area (Å²) in [5, 5.41) is 18.3. The molecular formula is C18H14Cl2N4O5. The summed E-state index contributed by atoms with van der Waals surface area (Å²) in [7, 11) is 1.35. The summed E-state index contributed by atoms with van der Waals surface area (Å²) in [6, 6.07) is 10.3. The van der Waals surface area contributed by atoms with Gasteiger partial charge in [-0.15, -0.1) is 0 Å². The van der Waals surface area contributed by atoms with Gasteiger partial charge in [0.1, 0.15) is 5.75 Å². The molecule has 0 saturated heterocycles. The third-order valence-corrected chi connectivity index (χ3v) is 4.37. The molecule has 1 amide bonds. The number of carbonyl (C=O) groups is 1. The minimum Gasteiger partial charge on any atom is -0.494 e. The van der Waals surface area contributed by atoms with Crippen LogP contribution in [0.1, 0.15) is 10.5 Å². The van der Waals surface area contributed by atoms with Crippen molar-refractivity contribution >= 4 is 40.5 Å². The topological polar surface area (TPSA) is 109 Å². The van der Waals surface area contributed by atoms with Gasteiger partial charge in [-0.2, -0.15) is 5.10 Å². The van der Waals surface area contributed by atoms with Gasteiger partial charge in [-0.1, -0.05) is 29.3 Å². The fraction of sp³-hybridized carbons (Fsp3) is 0.111. The Morgan fingerprint density at radius 2 is 1.97 bits per heavy atom. The third kappa shape index (κ3) is 4.76. The lowest BCUT2D eigenvalue weighted by atomic mass is 10.2. The van der Waals surface area contributed by atoms with E-state index in [1.807, 2.05) is 0 Å². The van der Waals surface area contributed by atoms with Crippen molar-refractivity contribution in [2.75, 3.05) is 12.4 Å². The maximum absolute atomic E-state index is 12.4. The first kappa shape index (κ1) is 20.4. The molecule has 0 aliphatic carbocycles. The number of nitrogens with one attached hydrogen (secondary N) is 1. The summed E-state index contributed by atoms with van der Waals surface area (Å²) in [6.07, 6.45) is 1.55. The zero-order valence-electron chi connectivity index (χ0n) is 15.0. The van der Waals surface area contributed by atoms with Crippen LogP contribution in [0, 0.1) is 10.1 Å². The first-order chi connectivity index (χ1) is 13.9. The number of benzene rings is 2. The Morgan fingerprint density at radius 3 is 2.62 bits per heavy atom. The SMILES string of the molecule is COc1cc([N+](=O)[O-])ccc1NC(=O)c1ccn(COc2c(Cl)cccc2Cl)n1. The molecule has 29 heavy (non-hydrogen) atoms. The molecule has 0 atom stereocenters. The van der Waals surface area contributed by atoms with Gasteiger partial charge >= 0.3 is 0 Å². The number of hydrogen-bond donors (Lipinski definition) is 1. The summed E-state index contributed by atoms with van der Waals surface area (Å²) in [5.41, 5.74) is 0.232. The summed E-state index contributed by atoms with van der Waals surface area (Å²) >= 11 is 12.1. The van der Waals surface area contributed by atoms with Gasteiger partial charge in [-0.25, -0.2) is 4.68 Å². The molecule has 9 nitrogen and oxygen atoms in total. The number of non-ortho nitro benzene ring substituents is 1. The largest absolute Gasteiger partial charge is 0.494 e. The van der Waals surface area contributed by atoms with Crippen molar-refractivity contribution in [3.05, 3.63) is 74.5 Å². The average Bonchev–Trinajstić information content (AvgIpc) is 3.17. The quantitative estimate of drug-likeness (QED) is 0.434. The molecule has 11 heteroatoms. The second-order valence-corrected chi connectivity index (χ2v) is 6.47.